The summed E-state index contributed by atoms with van der Waals surface area (Å²) in [6.07, 6.45) is 1.86. The van der Waals surface area contributed by atoms with Crippen LogP contribution in [0.2, 0.25) is 0 Å². The molecule has 1 aromatic carbocycles. The normalized spacial score (nSPS) is 14.7. The van der Waals surface area contributed by atoms with Crippen LogP contribution in [0.1, 0.15) is 23.2 Å². The molecule has 0 saturated heterocycles. The molecular weight excluding hydrogens is 318 g/mol. The highest BCUT2D eigenvalue weighted by atomic mass is 35.7. The highest BCUT2D eigenvalue weighted by Crippen LogP contribution is 2.38. The molecule has 6 nitrogen and oxygen atoms in total. The largest absolute Gasteiger partial charge is 0.496 e. The Hall–Kier alpha value is -1.47. The Morgan fingerprint density at radius 3 is 2.33 bits per heavy atom. The number of rotatable bonds is 5. The molecule has 21 heavy (non-hydrogen) atoms. The summed E-state index contributed by atoms with van der Waals surface area (Å²) in [5, 5.41) is 0. The van der Waals surface area contributed by atoms with Gasteiger partial charge in [-0.25, -0.2) is 8.42 Å². The Morgan fingerprint density at radius 1 is 1.29 bits per heavy atom. The van der Waals surface area contributed by atoms with Crippen LogP contribution in [-0.4, -0.2) is 46.5 Å². The average Bonchev–Trinajstić information content (AvgIpc) is 3.27. The Kier molecular flexibility index (Phi) is 4.34. The highest BCUT2D eigenvalue weighted by Gasteiger charge is 2.34. The van der Waals surface area contributed by atoms with E-state index in [0.717, 1.165) is 12.8 Å². The lowest BCUT2D eigenvalue weighted by Crippen LogP contribution is -2.29. The number of hydrogen-bond acceptors (Lipinski definition) is 5. The summed E-state index contributed by atoms with van der Waals surface area (Å²) < 4.78 is 33.5. The van der Waals surface area contributed by atoms with Crippen LogP contribution in [0.5, 0.6) is 11.5 Å². The van der Waals surface area contributed by atoms with E-state index in [1.54, 1.807) is 11.9 Å². The topological polar surface area (TPSA) is 72.9 Å². The molecule has 1 fully saturated rings. The second-order valence-electron chi connectivity index (χ2n) is 4.76. The average molecular weight is 334 g/mol. The highest BCUT2D eigenvalue weighted by molar-refractivity contribution is 8.13. The molecule has 2 rings (SSSR count). The minimum atomic E-state index is -4.04. The molecule has 0 atom stereocenters. The monoisotopic (exact) mass is 333 g/mol. The molecule has 0 spiro atoms. The lowest BCUT2D eigenvalue weighted by molar-refractivity contribution is 0.0777. The van der Waals surface area contributed by atoms with Gasteiger partial charge in [0.15, 0.2) is 5.75 Å². The molecule has 0 aliphatic heterocycles. The van der Waals surface area contributed by atoms with Crippen molar-refractivity contribution >= 4 is 25.6 Å². The van der Waals surface area contributed by atoms with Crippen molar-refractivity contribution in [2.45, 2.75) is 23.8 Å². The number of nitrogens with zero attached hydrogens (tertiary/aromatic N) is 1. The van der Waals surface area contributed by atoms with Crippen LogP contribution in [0, 0.1) is 0 Å². The zero-order valence-electron chi connectivity index (χ0n) is 11.9. The zero-order valence-corrected chi connectivity index (χ0v) is 13.5. The third-order valence-electron chi connectivity index (χ3n) is 3.40. The molecule has 1 amide bonds. The van der Waals surface area contributed by atoms with Crippen LogP contribution in [0.4, 0.5) is 0 Å². The Bertz CT molecular complexity index is 669. The summed E-state index contributed by atoms with van der Waals surface area (Å²) in [5.41, 5.74) is 0.0659. The molecule has 8 heteroatoms. The minimum Gasteiger partial charge on any atom is -0.496 e. The Morgan fingerprint density at radius 2 is 1.90 bits per heavy atom. The quantitative estimate of drug-likeness (QED) is 0.769. The van der Waals surface area contributed by atoms with E-state index >= 15 is 0 Å². The molecule has 0 heterocycles. The predicted molar refractivity (Wildman–Crippen MR) is 77.7 cm³/mol. The van der Waals surface area contributed by atoms with E-state index in [-0.39, 0.29) is 33.9 Å². The molecular formula is C13H16ClNO5S. The second-order valence-corrected chi connectivity index (χ2v) is 7.29. The van der Waals surface area contributed by atoms with Gasteiger partial charge in [-0.15, -0.1) is 0 Å². The fourth-order valence-corrected chi connectivity index (χ4v) is 3.12. The van der Waals surface area contributed by atoms with Crippen LogP contribution in [-0.2, 0) is 9.05 Å². The number of amides is 1. The van der Waals surface area contributed by atoms with Crippen LogP contribution < -0.4 is 9.47 Å². The molecule has 1 aromatic rings. The number of hydrogen-bond donors (Lipinski definition) is 0. The van der Waals surface area contributed by atoms with Gasteiger partial charge in [0.25, 0.3) is 15.0 Å². The van der Waals surface area contributed by atoms with Crippen molar-refractivity contribution in [3.05, 3.63) is 17.7 Å². The second kappa shape index (κ2) is 5.73. The van der Waals surface area contributed by atoms with E-state index < -0.39 is 9.05 Å². The summed E-state index contributed by atoms with van der Waals surface area (Å²) >= 11 is 0. The third-order valence-corrected chi connectivity index (χ3v) is 4.74. The summed E-state index contributed by atoms with van der Waals surface area (Å²) in [7, 11) is 5.71. The van der Waals surface area contributed by atoms with Crippen LogP contribution >= 0.6 is 10.7 Å². The van der Waals surface area contributed by atoms with Gasteiger partial charge in [0.05, 0.1) is 14.2 Å². The number of halogens is 1. The van der Waals surface area contributed by atoms with Gasteiger partial charge in [0.2, 0.25) is 0 Å². The van der Waals surface area contributed by atoms with Gasteiger partial charge < -0.3 is 14.4 Å². The zero-order chi connectivity index (χ0) is 15.8. The molecule has 116 valence electrons. The summed E-state index contributed by atoms with van der Waals surface area (Å²) in [5.74, 6) is -0.205. The van der Waals surface area contributed by atoms with Crippen molar-refractivity contribution in [1.29, 1.82) is 0 Å². The lowest BCUT2D eigenvalue weighted by Gasteiger charge is -2.20. The van der Waals surface area contributed by atoms with Gasteiger partial charge in [-0.2, -0.15) is 0 Å². The molecule has 1 aliphatic carbocycles. The molecule has 0 radical (unpaired) electrons. The summed E-state index contributed by atoms with van der Waals surface area (Å²) in [6.45, 7) is 0. The first-order chi connectivity index (χ1) is 9.81. The standard InChI is InChI=1S/C13H16ClNO5S/c1-15(8-4-5-8)13(16)11-9(19-2)6-7-10(12(11)20-3)21(14,17)18/h6-8H,4-5H2,1-3H3. The first kappa shape index (κ1) is 15.9. The first-order valence-corrected chi connectivity index (χ1v) is 8.59. The van der Waals surface area contributed by atoms with E-state index in [0.29, 0.717) is 0 Å². The molecule has 0 bridgehead atoms. The molecule has 1 aliphatic rings. The van der Waals surface area contributed by atoms with Crippen molar-refractivity contribution in [2.75, 3.05) is 21.3 Å². The predicted octanol–water partition coefficient (Wildman–Crippen LogP) is 1.87. The van der Waals surface area contributed by atoms with Gasteiger partial charge >= 0.3 is 0 Å². The maximum atomic E-state index is 12.6. The fraction of sp³-hybridized carbons (Fsp3) is 0.462. The summed E-state index contributed by atoms with van der Waals surface area (Å²) in [6, 6.07) is 2.82. The van der Waals surface area contributed by atoms with Crippen molar-refractivity contribution < 1.29 is 22.7 Å². The van der Waals surface area contributed by atoms with E-state index in [1.165, 1.54) is 26.4 Å². The Balaban J connectivity index is 2.63. The number of ether oxygens (including phenoxy) is 2. The van der Waals surface area contributed by atoms with Gasteiger partial charge in [-0.05, 0) is 25.0 Å². The molecule has 0 N–H and O–H groups in total. The first-order valence-electron chi connectivity index (χ1n) is 6.28. The van der Waals surface area contributed by atoms with Crippen LogP contribution in [0.15, 0.2) is 17.0 Å². The molecule has 0 unspecified atom stereocenters. The number of benzene rings is 1. The van der Waals surface area contributed by atoms with Gasteiger partial charge in [0.1, 0.15) is 16.2 Å². The fourth-order valence-electron chi connectivity index (χ4n) is 2.12. The van der Waals surface area contributed by atoms with Crippen molar-refractivity contribution in [2.24, 2.45) is 0 Å². The lowest BCUT2D eigenvalue weighted by atomic mass is 10.1. The van der Waals surface area contributed by atoms with E-state index in [1.807, 2.05) is 0 Å². The van der Waals surface area contributed by atoms with Gasteiger partial charge in [-0.1, -0.05) is 0 Å². The third kappa shape index (κ3) is 3.08. The maximum Gasteiger partial charge on any atom is 0.265 e. The maximum absolute atomic E-state index is 12.6. The molecule has 1 saturated carbocycles. The van der Waals surface area contributed by atoms with Crippen LogP contribution in [0.3, 0.4) is 0 Å². The minimum absolute atomic E-state index is 0.0659. The SMILES string of the molecule is COc1ccc(S(=O)(=O)Cl)c(OC)c1C(=O)N(C)C1CC1. The Labute approximate surface area is 128 Å². The van der Waals surface area contributed by atoms with Crippen LogP contribution in [0.25, 0.3) is 0 Å². The van der Waals surface area contributed by atoms with Gasteiger partial charge in [0, 0.05) is 23.8 Å². The molecule has 0 aromatic heterocycles. The smallest absolute Gasteiger partial charge is 0.265 e. The van der Waals surface area contributed by atoms with E-state index in [9.17, 15) is 13.2 Å². The van der Waals surface area contributed by atoms with Crippen molar-refractivity contribution in [3.63, 3.8) is 0 Å². The van der Waals surface area contributed by atoms with Gasteiger partial charge in [-0.3, -0.25) is 4.79 Å². The van der Waals surface area contributed by atoms with E-state index in [2.05, 4.69) is 0 Å². The number of methoxy groups -OCH3 is 2. The number of carbonyl (C=O) groups excluding carboxylic acids is 1. The van der Waals surface area contributed by atoms with Crippen molar-refractivity contribution in [3.8, 4) is 11.5 Å². The van der Waals surface area contributed by atoms with E-state index in [4.69, 9.17) is 20.2 Å². The van der Waals surface area contributed by atoms with Crippen molar-refractivity contribution in [1.82, 2.24) is 4.90 Å². The number of carbonyl (C=O) groups is 1. The summed E-state index contributed by atoms with van der Waals surface area (Å²) in [4.78, 5) is 13.9.